The highest BCUT2D eigenvalue weighted by molar-refractivity contribution is 6.06. The highest BCUT2D eigenvalue weighted by Crippen LogP contribution is 2.27. The highest BCUT2D eigenvalue weighted by atomic mass is 16.5. The smallest absolute Gasteiger partial charge is 0.255 e. The summed E-state index contributed by atoms with van der Waals surface area (Å²) >= 11 is 0. The molecule has 1 N–H and O–H groups in total. The van der Waals surface area contributed by atoms with Gasteiger partial charge in [-0.2, -0.15) is 0 Å². The van der Waals surface area contributed by atoms with E-state index in [-0.39, 0.29) is 5.91 Å². The molecule has 5 nitrogen and oxygen atoms in total. The molecule has 26 heavy (non-hydrogen) atoms. The molecule has 0 bridgehead atoms. The summed E-state index contributed by atoms with van der Waals surface area (Å²) in [4.78, 5) is 17.3. The topological polar surface area (TPSA) is 44.8 Å². The van der Waals surface area contributed by atoms with Gasteiger partial charge in [0, 0.05) is 31.7 Å². The lowest BCUT2D eigenvalue weighted by Crippen LogP contribution is -2.44. The first kappa shape index (κ1) is 18.3. The summed E-state index contributed by atoms with van der Waals surface area (Å²) in [7, 11) is 2.14. The van der Waals surface area contributed by atoms with Crippen molar-refractivity contribution in [3.63, 3.8) is 0 Å². The fourth-order valence-electron chi connectivity index (χ4n) is 3.02. The average Bonchev–Trinajstić information content (AvgIpc) is 2.68. The maximum Gasteiger partial charge on any atom is 0.255 e. The summed E-state index contributed by atoms with van der Waals surface area (Å²) in [5.41, 5.74) is 2.56. The Labute approximate surface area is 155 Å². The van der Waals surface area contributed by atoms with Gasteiger partial charge in [-0.05, 0) is 49.9 Å². The molecular weight excluding hydrogens is 326 g/mol. The summed E-state index contributed by atoms with van der Waals surface area (Å²) in [5.74, 6) is 0.690. The van der Waals surface area contributed by atoms with E-state index in [1.807, 2.05) is 30.3 Å². The number of nitrogens with zero attached hydrogens (tertiary/aromatic N) is 2. The highest BCUT2D eigenvalue weighted by Gasteiger charge is 2.18. The molecule has 3 rings (SSSR count). The van der Waals surface area contributed by atoms with E-state index in [0.29, 0.717) is 12.2 Å². The Morgan fingerprint density at radius 3 is 2.42 bits per heavy atom. The number of carbonyl (C=O) groups is 1. The van der Waals surface area contributed by atoms with Gasteiger partial charge in [-0.25, -0.2) is 0 Å². The number of carbonyl (C=O) groups excluding carboxylic acids is 1. The number of piperazine rings is 1. The summed E-state index contributed by atoms with van der Waals surface area (Å²) in [6, 6.07) is 15.3. The van der Waals surface area contributed by atoms with Gasteiger partial charge < -0.3 is 19.9 Å². The second-order valence-corrected chi connectivity index (χ2v) is 6.63. The van der Waals surface area contributed by atoms with Crippen LogP contribution in [0.15, 0.2) is 48.5 Å². The molecule has 0 spiro atoms. The van der Waals surface area contributed by atoms with Gasteiger partial charge in [0.2, 0.25) is 0 Å². The molecule has 1 fully saturated rings. The van der Waals surface area contributed by atoms with Crippen LogP contribution in [-0.4, -0.2) is 50.6 Å². The zero-order valence-corrected chi connectivity index (χ0v) is 15.6. The second kappa shape index (κ2) is 8.72. The van der Waals surface area contributed by atoms with Gasteiger partial charge in [-0.3, -0.25) is 4.79 Å². The second-order valence-electron chi connectivity index (χ2n) is 6.63. The predicted molar refractivity (Wildman–Crippen MR) is 106 cm³/mol. The van der Waals surface area contributed by atoms with Crippen LogP contribution in [0.2, 0.25) is 0 Å². The van der Waals surface area contributed by atoms with Gasteiger partial charge in [0.15, 0.2) is 0 Å². The third-order valence-electron chi connectivity index (χ3n) is 4.59. The van der Waals surface area contributed by atoms with Crippen LogP contribution in [-0.2, 0) is 0 Å². The average molecular weight is 353 g/mol. The Balaban J connectivity index is 1.69. The van der Waals surface area contributed by atoms with Crippen LogP contribution in [0.4, 0.5) is 11.4 Å². The minimum absolute atomic E-state index is 0.103. The maximum atomic E-state index is 12.6. The number of hydrogen-bond acceptors (Lipinski definition) is 4. The lowest BCUT2D eigenvalue weighted by atomic mass is 10.1. The number of anilines is 2. The van der Waals surface area contributed by atoms with Gasteiger partial charge in [-0.1, -0.05) is 19.1 Å². The number of ether oxygens (including phenoxy) is 1. The van der Waals surface area contributed by atoms with Gasteiger partial charge in [0.05, 0.1) is 18.0 Å². The molecule has 0 saturated carbocycles. The van der Waals surface area contributed by atoms with Crippen molar-refractivity contribution in [2.75, 3.05) is 50.1 Å². The van der Waals surface area contributed by atoms with Gasteiger partial charge in [-0.15, -0.1) is 0 Å². The Kier molecular flexibility index (Phi) is 6.12. The van der Waals surface area contributed by atoms with Gasteiger partial charge in [0.25, 0.3) is 5.91 Å². The monoisotopic (exact) mass is 353 g/mol. The summed E-state index contributed by atoms with van der Waals surface area (Å²) in [6.07, 6.45) is 0.964. The van der Waals surface area contributed by atoms with Crippen LogP contribution < -0.4 is 15.0 Å². The van der Waals surface area contributed by atoms with Crippen molar-refractivity contribution in [3.8, 4) is 5.75 Å². The summed E-state index contributed by atoms with van der Waals surface area (Å²) in [5, 5.41) is 3.06. The first-order chi connectivity index (χ1) is 12.7. The number of rotatable bonds is 6. The predicted octanol–water partition coefficient (Wildman–Crippen LogP) is 3.48. The number of para-hydroxylation sites is 2. The number of benzene rings is 2. The number of likely N-dealkylation sites (N-methyl/N-ethyl adjacent to an activating group) is 1. The number of amides is 1. The van der Waals surface area contributed by atoms with E-state index in [1.54, 1.807) is 12.1 Å². The van der Waals surface area contributed by atoms with Crippen molar-refractivity contribution >= 4 is 17.3 Å². The molecule has 1 heterocycles. The van der Waals surface area contributed by atoms with E-state index in [1.165, 1.54) is 0 Å². The molecule has 1 aliphatic heterocycles. The van der Waals surface area contributed by atoms with Crippen LogP contribution in [0.25, 0.3) is 0 Å². The number of nitrogens with one attached hydrogen (secondary N) is 1. The quantitative estimate of drug-likeness (QED) is 0.864. The van der Waals surface area contributed by atoms with Crippen LogP contribution in [0, 0.1) is 0 Å². The lowest BCUT2D eigenvalue weighted by molar-refractivity contribution is 0.102. The zero-order chi connectivity index (χ0) is 18.4. The molecule has 0 unspecified atom stereocenters. The first-order valence-electron chi connectivity index (χ1n) is 9.24. The van der Waals surface area contributed by atoms with E-state index < -0.39 is 0 Å². The third kappa shape index (κ3) is 4.55. The summed E-state index contributed by atoms with van der Waals surface area (Å²) in [6.45, 7) is 6.74. The Bertz CT molecular complexity index is 722. The lowest BCUT2D eigenvalue weighted by Gasteiger charge is -2.35. The SMILES string of the molecule is CCCOc1ccc(C(=O)Nc2ccccc2N2CCN(C)CC2)cc1. The standard InChI is InChI=1S/C21H27N3O2/c1-3-16-26-18-10-8-17(9-11-18)21(25)22-19-6-4-5-7-20(19)24-14-12-23(2)13-15-24/h4-11H,3,12-16H2,1-2H3,(H,22,25). The Morgan fingerprint density at radius 2 is 1.73 bits per heavy atom. The van der Waals surface area contributed by atoms with E-state index in [2.05, 4.69) is 35.2 Å². The van der Waals surface area contributed by atoms with Crippen molar-refractivity contribution in [2.24, 2.45) is 0 Å². The molecule has 1 amide bonds. The van der Waals surface area contributed by atoms with E-state index in [9.17, 15) is 4.79 Å². The minimum atomic E-state index is -0.103. The molecule has 0 aliphatic carbocycles. The molecule has 138 valence electrons. The zero-order valence-electron chi connectivity index (χ0n) is 15.6. The molecule has 5 heteroatoms. The van der Waals surface area contributed by atoms with Crippen molar-refractivity contribution < 1.29 is 9.53 Å². The molecule has 1 saturated heterocycles. The fourth-order valence-corrected chi connectivity index (χ4v) is 3.02. The molecule has 0 atom stereocenters. The van der Waals surface area contributed by atoms with Crippen LogP contribution in [0.5, 0.6) is 5.75 Å². The molecule has 2 aromatic carbocycles. The van der Waals surface area contributed by atoms with Crippen LogP contribution >= 0.6 is 0 Å². The van der Waals surface area contributed by atoms with Crippen LogP contribution in [0.1, 0.15) is 23.7 Å². The molecule has 1 aliphatic rings. The molecule has 2 aromatic rings. The maximum absolute atomic E-state index is 12.6. The molecular formula is C21H27N3O2. The number of hydrogen-bond donors (Lipinski definition) is 1. The third-order valence-corrected chi connectivity index (χ3v) is 4.59. The van der Waals surface area contributed by atoms with Crippen LogP contribution in [0.3, 0.4) is 0 Å². The Hall–Kier alpha value is -2.53. The fraction of sp³-hybridized carbons (Fsp3) is 0.381. The van der Waals surface area contributed by atoms with Crippen molar-refractivity contribution in [1.29, 1.82) is 0 Å². The van der Waals surface area contributed by atoms with E-state index in [0.717, 1.165) is 49.7 Å². The van der Waals surface area contributed by atoms with Crippen molar-refractivity contribution in [3.05, 3.63) is 54.1 Å². The molecule has 0 aromatic heterocycles. The van der Waals surface area contributed by atoms with E-state index >= 15 is 0 Å². The minimum Gasteiger partial charge on any atom is -0.494 e. The van der Waals surface area contributed by atoms with E-state index in [4.69, 9.17) is 4.74 Å². The van der Waals surface area contributed by atoms with Crippen molar-refractivity contribution in [1.82, 2.24) is 4.90 Å². The van der Waals surface area contributed by atoms with Gasteiger partial charge >= 0.3 is 0 Å². The normalized spacial score (nSPS) is 14.9. The van der Waals surface area contributed by atoms with Gasteiger partial charge in [0.1, 0.15) is 5.75 Å². The van der Waals surface area contributed by atoms with Crippen molar-refractivity contribution in [2.45, 2.75) is 13.3 Å². The first-order valence-corrected chi connectivity index (χ1v) is 9.24. The largest absolute Gasteiger partial charge is 0.494 e. The Morgan fingerprint density at radius 1 is 1.04 bits per heavy atom. The molecule has 0 radical (unpaired) electrons. The summed E-state index contributed by atoms with van der Waals surface area (Å²) < 4.78 is 5.57.